The van der Waals surface area contributed by atoms with Gasteiger partial charge in [0.15, 0.2) is 0 Å². The molecule has 0 aliphatic rings. The zero-order valence-electron chi connectivity index (χ0n) is 14.6. The summed E-state index contributed by atoms with van der Waals surface area (Å²) >= 11 is 2.32. The number of carbonyl (C=O) groups is 4. The first-order valence-corrected chi connectivity index (χ1v) is 9.75. The highest BCUT2D eigenvalue weighted by molar-refractivity contribution is 7.99. The molecule has 0 amide bonds. The van der Waals surface area contributed by atoms with Crippen LogP contribution in [0.4, 0.5) is 0 Å². The molecule has 0 bridgehead atoms. The molecule has 0 heterocycles. The molecular formula is C13H26N4O8S2. The Balaban J connectivity index is 0. The summed E-state index contributed by atoms with van der Waals surface area (Å²) in [5.74, 6) is -3.40. The zero-order chi connectivity index (χ0) is 21.6. The Morgan fingerprint density at radius 1 is 0.704 bits per heavy atom. The van der Waals surface area contributed by atoms with E-state index in [-0.39, 0.29) is 17.3 Å². The van der Waals surface area contributed by atoms with Crippen LogP contribution in [-0.2, 0) is 19.2 Å². The molecule has 0 saturated heterocycles. The third kappa shape index (κ3) is 15.2. The van der Waals surface area contributed by atoms with Gasteiger partial charge in [-0.1, -0.05) is 0 Å². The normalized spacial score (nSPS) is 14.8. The third-order valence-electron chi connectivity index (χ3n) is 2.77. The van der Waals surface area contributed by atoms with E-state index in [1.807, 2.05) is 0 Å². The van der Waals surface area contributed by atoms with Crippen LogP contribution in [0.3, 0.4) is 0 Å². The van der Waals surface area contributed by atoms with Crippen LogP contribution in [0.25, 0.3) is 0 Å². The van der Waals surface area contributed by atoms with Crippen molar-refractivity contribution in [1.82, 2.24) is 5.32 Å². The summed E-state index contributed by atoms with van der Waals surface area (Å²) in [7, 11) is 1.54. The van der Waals surface area contributed by atoms with Crippen LogP contribution in [0, 0.1) is 0 Å². The van der Waals surface area contributed by atoms with Gasteiger partial charge in [-0.25, -0.2) is 0 Å². The molecule has 2 unspecified atom stereocenters. The molecule has 0 aromatic rings. The molecule has 0 fully saturated rings. The molecule has 0 aromatic heterocycles. The Morgan fingerprint density at radius 2 is 1.00 bits per heavy atom. The van der Waals surface area contributed by atoms with Crippen molar-refractivity contribution < 1.29 is 39.6 Å². The number of hydrogen-bond donors (Lipinski definition) is 8. The number of thioether (sulfide) groups is 2. The van der Waals surface area contributed by atoms with Crippen molar-refractivity contribution in [3.8, 4) is 0 Å². The van der Waals surface area contributed by atoms with Crippen molar-refractivity contribution in [1.29, 1.82) is 0 Å². The molecule has 0 saturated carbocycles. The van der Waals surface area contributed by atoms with Gasteiger partial charge in [-0.2, -0.15) is 23.5 Å². The minimum absolute atomic E-state index is 0.163. The van der Waals surface area contributed by atoms with E-state index < -0.39 is 48.0 Å². The second-order valence-corrected chi connectivity index (χ2v) is 7.24. The maximum absolute atomic E-state index is 10.5. The minimum Gasteiger partial charge on any atom is -0.480 e. The lowest BCUT2D eigenvalue weighted by Gasteiger charge is -2.11. The third-order valence-corrected chi connectivity index (χ3v) is 5.13. The van der Waals surface area contributed by atoms with Crippen LogP contribution in [0.1, 0.15) is 0 Å². The van der Waals surface area contributed by atoms with Crippen LogP contribution >= 0.6 is 23.5 Å². The van der Waals surface area contributed by atoms with Gasteiger partial charge in [-0.3, -0.25) is 19.2 Å². The summed E-state index contributed by atoms with van der Waals surface area (Å²) < 4.78 is 0. The lowest BCUT2D eigenvalue weighted by Crippen LogP contribution is -2.38. The van der Waals surface area contributed by atoms with E-state index in [4.69, 9.17) is 37.6 Å². The summed E-state index contributed by atoms with van der Waals surface area (Å²) in [5.41, 5.74) is 15.6. The van der Waals surface area contributed by atoms with Gasteiger partial charge in [0.25, 0.3) is 0 Å². The predicted molar refractivity (Wildman–Crippen MR) is 102 cm³/mol. The van der Waals surface area contributed by atoms with Gasteiger partial charge in [0.1, 0.15) is 24.2 Å². The van der Waals surface area contributed by atoms with E-state index in [1.165, 1.54) is 18.8 Å². The summed E-state index contributed by atoms with van der Waals surface area (Å²) in [5, 5.41) is 36.4. The molecule has 27 heavy (non-hydrogen) atoms. The Labute approximate surface area is 164 Å². The van der Waals surface area contributed by atoms with Crippen molar-refractivity contribution in [3.05, 3.63) is 0 Å². The van der Waals surface area contributed by atoms with Crippen molar-refractivity contribution in [2.24, 2.45) is 17.2 Å². The average Bonchev–Trinajstić information content (AvgIpc) is 2.58. The Bertz CT molecular complexity index is 477. The summed E-state index contributed by atoms with van der Waals surface area (Å²) in [6, 6.07) is -3.54. The smallest absolute Gasteiger partial charge is 0.321 e. The first-order chi connectivity index (χ1) is 12.4. The van der Waals surface area contributed by atoms with Crippen LogP contribution in [0.15, 0.2) is 0 Å². The molecule has 0 spiro atoms. The fourth-order valence-corrected chi connectivity index (χ4v) is 3.13. The number of likely N-dealkylation sites (N-methyl/N-ethyl adjacent to an activating group) is 1. The molecule has 0 radical (unpaired) electrons. The molecular weight excluding hydrogens is 404 g/mol. The lowest BCUT2D eigenvalue weighted by atomic mass is 10.3. The van der Waals surface area contributed by atoms with E-state index in [0.29, 0.717) is 5.75 Å². The predicted octanol–water partition coefficient (Wildman–Crippen LogP) is -2.65. The maximum atomic E-state index is 10.5. The zero-order valence-corrected chi connectivity index (χ0v) is 16.2. The Morgan fingerprint density at radius 3 is 1.22 bits per heavy atom. The molecule has 0 aromatic carbocycles. The van der Waals surface area contributed by atoms with E-state index in [2.05, 4.69) is 5.32 Å². The number of nitrogens with one attached hydrogen (secondary N) is 1. The van der Waals surface area contributed by atoms with Crippen molar-refractivity contribution in [3.63, 3.8) is 0 Å². The van der Waals surface area contributed by atoms with Crippen molar-refractivity contribution >= 4 is 47.4 Å². The number of rotatable bonds is 13. The monoisotopic (exact) mass is 430 g/mol. The largest absolute Gasteiger partial charge is 0.480 e. The topological polar surface area (TPSA) is 239 Å². The number of carboxylic acids is 4. The summed E-state index contributed by atoms with van der Waals surface area (Å²) in [4.78, 5) is 41.3. The minimum atomic E-state index is -1.10. The average molecular weight is 431 g/mol. The van der Waals surface area contributed by atoms with E-state index in [1.54, 1.807) is 0 Å². The highest BCUT2D eigenvalue weighted by Crippen LogP contribution is 2.05. The fourth-order valence-electron chi connectivity index (χ4n) is 1.13. The van der Waals surface area contributed by atoms with Gasteiger partial charge >= 0.3 is 23.9 Å². The van der Waals surface area contributed by atoms with Gasteiger partial charge in [-0.05, 0) is 7.05 Å². The van der Waals surface area contributed by atoms with Gasteiger partial charge in [0.2, 0.25) is 0 Å². The first-order valence-electron chi connectivity index (χ1n) is 7.44. The van der Waals surface area contributed by atoms with E-state index in [9.17, 15) is 19.2 Å². The number of aliphatic carboxylic acids is 4. The molecule has 11 N–H and O–H groups in total. The van der Waals surface area contributed by atoms with Gasteiger partial charge < -0.3 is 42.9 Å². The number of hydrogen-bond acceptors (Lipinski definition) is 10. The summed E-state index contributed by atoms with van der Waals surface area (Å²) in [6.45, 7) is 0. The van der Waals surface area contributed by atoms with Crippen LogP contribution in [0.2, 0.25) is 0 Å². The second kappa shape index (κ2) is 15.5. The molecule has 0 aliphatic carbocycles. The molecule has 158 valence electrons. The highest BCUT2D eigenvalue weighted by atomic mass is 32.2. The van der Waals surface area contributed by atoms with Gasteiger partial charge in [0.05, 0.1) is 0 Å². The molecule has 0 rings (SSSR count). The van der Waals surface area contributed by atoms with E-state index in [0.717, 1.165) is 11.8 Å². The number of carboxylic acid groups (broad SMARTS) is 4. The quantitative estimate of drug-likeness (QED) is 0.149. The fraction of sp³-hybridized carbons (Fsp3) is 0.692. The van der Waals surface area contributed by atoms with Crippen LogP contribution < -0.4 is 22.5 Å². The Kier molecular flexibility index (Phi) is 15.8. The molecule has 0 aliphatic heterocycles. The number of nitrogens with two attached hydrogens (primary N) is 3. The highest BCUT2D eigenvalue weighted by Gasteiger charge is 2.17. The first kappa shape index (κ1) is 27.6. The molecule has 14 heteroatoms. The SMILES string of the molecule is CN[C@@H](CSCC(N)C(=O)O)C(=O)O.NC(CSC[C@H](N)C(=O)O)C(=O)O. The van der Waals surface area contributed by atoms with Crippen LogP contribution in [-0.4, -0.2) is 98.5 Å². The van der Waals surface area contributed by atoms with Crippen LogP contribution in [0.5, 0.6) is 0 Å². The second-order valence-electron chi connectivity index (χ2n) is 5.09. The van der Waals surface area contributed by atoms with Gasteiger partial charge in [0, 0.05) is 23.0 Å². The van der Waals surface area contributed by atoms with E-state index >= 15 is 0 Å². The Hall–Kier alpha value is -1.58. The molecule has 4 atom stereocenters. The van der Waals surface area contributed by atoms with Crippen molar-refractivity contribution in [2.75, 3.05) is 30.1 Å². The maximum Gasteiger partial charge on any atom is 0.321 e. The van der Waals surface area contributed by atoms with Crippen molar-refractivity contribution in [2.45, 2.75) is 24.2 Å². The summed E-state index contributed by atoms with van der Waals surface area (Å²) in [6.07, 6.45) is 0. The molecule has 12 nitrogen and oxygen atoms in total. The standard InChI is InChI=1S/C7H14N2O4S.C6H12N2O4S/c1-9-5(7(12)13)3-14-2-4(8)6(10)11;7-3(5(9)10)1-13-2-4(8)6(11)12/h4-5,9H,2-3,8H2,1H3,(H,10,11)(H,12,13);3-4H,1-2,7-8H2,(H,9,10)(H,11,12)/t4?,5-;3-,4?/m00/s1. The lowest BCUT2D eigenvalue weighted by molar-refractivity contribution is -0.139. The van der Waals surface area contributed by atoms with Gasteiger partial charge in [-0.15, -0.1) is 0 Å².